The molecule has 5 atom stereocenters. The zero-order valence-electron chi connectivity index (χ0n) is 17.5. The van der Waals surface area contributed by atoms with E-state index in [0.29, 0.717) is 6.42 Å². The molecule has 0 aromatic carbocycles. The fourth-order valence-corrected chi connectivity index (χ4v) is 2.40. The van der Waals surface area contributed by atoms with Gasteiger partial charge < -0.3 is 37.0 Å². The fourth-order valence-electron chi connectivity index (χ4n) is 2.40. The van der Waals surface area contributed by atoms with Gasteiger partial charge in [-0.3, -0.25) is 19.2 Å². The van der Waals surface area contributed by atoms with Crippen LogP contribution in [0.1, 0.15) is 40.5 Å². The number of aliphatic hydroxyl groups excluding tert-OH is 1. The Morgan fingerprint density at radius 3 is 1.80 bits per heavy atom. The minimum atomic E-state index is -1.67. The van der Waals surface area contributed by atoms with Gasteiger partial charge in [0.05, 0.1) is 19.1 Å². The number of carboxylic acids is 2. The Bertz CT molecular complexity index is 640. The van der Waals surface area contributed by atoms with Gasteiger partial charge in [-0.05, 0) is 11.8 Å². The van der Waals surface area contributed by atoms with Gasteiger partial charge in [0, 0.05) is 0 Å². The SMILES string of the molecule is CCC(C)C(N)C(=O)NC(C(=O)NC(CC(=O)O)C(=O)NC(CO)C(=O)O)C(C)C. The zero-order valence-corrected chi connectivity index (χ0v) is 17.5. The first-order valence-corrected chi connectivity index (χ1v) is 9.57. The lowest BCUT2D eigenvalue weighted by Gasteiger charge is -2.27. The van der Waals surface area contributed by atoms with Crippen molar-refractivity contribution < 1.29 is 39.3 Å². The molecule has 0 aliphatic carbocycles. The third kappa shape index (κ3) is 8.74. The molecule has 0 saturated carbocycles. The molecule has 0 bridgehead atoms. The van der Waals surface area contributed by atoms with E-state index in [1.807, 2.05) is 12.2 Å². The molecule has 172 valence electrons. The van der Waals surface area contributed by atoms with Crippen LogP contribution in [0.3, 0.4) is 0 Å². The summed E-state index contributed by atoms with van der Waals surface area (Å²) >= 11 is 0. The number of carboxylic acid groups (broad SMARTS) is 2. The summed E-state index contributed by atoms with van der Waals surface area (Å²) in [7, 11) is 0. The standard InChI is InChI=1S/C18H32N4O8/c1-5-9(4)13(19)16(27)22-14(8(2)3)17(28)20-10(6-12(24)25)15(26)21-11(7-23)18(29)30/h8-11,13-14,23H,5-7,19H2,1-4H3,(H,20,28)(H,21,26)(H,22,27)(H,24,25)(H,29,30). The summed E-state index contributed by atoms with van der Waals surface area (Å²) in [6.45, 7) is 5.99. The molecule has 12 heteroatoms. The van der Waals surface area contributed by atoms with Gasteiger partial charge in [0.25, 0.3) is 0 Å². The van der Waals surface area contributed by atoms with Crippen LogP contribution in [0.15, 0.2) is 0 Å². The Labute approximate surface area is 174 Å². The summed E-state index contributed by atoms with van der Waals surface area (Å²) in [5.74, 6) is -6.01. The van der Waals surface area contributed by atoms with Gasteiger partial charge in [-0.1, -0.05) is 34.1 Å². The van der Waals surface area contributed by atoms with E-state index in [4.69, 9.17) is 21.1 Å². The van der Waals surface area contributed by atoms with Crippen LogP contribution < -0.4 is 21.7 Å². The lowest BCUT2D eigenvalue weighted by molar-refractivity contribution is -0.144. The quantitative estimate of drug-likeness (QED) is 0.172. The predicted octanol–water partition coefficient (Wildman–Crippen LogP) is -1.98. The Hall–Kier alpha value is -2.73. The lowest BCUT2D eigenvalue weighted by atomic mass is 9.97. The maximum atomic E-state index is 12.7. The van der Waals surface area contributed by atoms with Crippen molar-refractivity contribution in [2.75, 3.05) is 6.61 Å². The molecule has 12 nitrogen and oxygen atoms in total. The molecule has 0 spiro atoms. The van der Waals surface area contributed by atoms with E-state index in [9.17, 15) is 24.0 Å². The summed E-state index contributed by atoms with van der Waals surface area (Å²) < 4.78 is 0. The monoisotopic (exact) mass is 432 g/mol. The van der Waals surface area contributed by atoms with Crippen molar-refractivity contribution in [1.82, 2.24) is 16.0 Å². The molecule has 8 N–H and O–H groups in total. The van der Waals surface area contributed by atoms with Crippen molar-refractivity contribution in [2.24, 2.45) is 17.6 Å². The Kier molecular flexibility index (Phi) is 11.6. The van der Waals surface area contributed by atoms with Crippen LogP contribution in [0, 0.1) is 11.8 Å². The highest BCUT2D eigenvalue weighted by atomic mass is 16.4. The molecule has 0 saturated heterocycles. The van der Waals surface area contributed by atoms with Crippen molar-refractivity contribution in [3.63, 3.8) is 0 Å². The molecular weight excluding hydrogens is 400 g/mol. The minimum absolute atomic E-state index is 0.141. The summed E-state index contributed by atoms with van der Waals surface area (Å²) in [6, 6.07) is -5.25. The number of aliphatic carboxylic acids is 2. The predicted molar refractivity (Wildman–Crippen MR) is 105 cm³/mol. The number of nitrogens with two attached hydrogens (primary N) is 1. The molecule has 0 radical (unpaired) electrons. The van der Waals surface area contributed by atoms with Gasteiger partial charge in [0.15, 0.2) is 0 Å². The lowest BCUT2D eigenvalue weighted by Crippen LogP contribution is -2.59. The number of rotatable bonds is 13. The number of nitrogens with one attached hydrogen (secondary N) is 3. The third-order valence-electron chi connectivity index (χ3n) is 4.62. The van der Waals surface area contributed by atoms with Gasteiger partial charge in [-0.2, -0.15) is 0 Å². The minimum Gasteiger partial charge on any atom is -0.481 e. The van der Waals surface area contributed by atoms with E-state index in [1.165, 1.54) is 0 Å². The maximum absolute atomic E-state index is 12.7. The summed E-state index contributed by atoms with van der Waals surface area (Å²) in [4.78, 5) is 59.3. The van der Waals surface area contributed by atoms with Crippen LogP contribution >= 0.6 is 0 Å². The van der Waals surface area contributed by atoms with Gasteiger partial charge in [0.2, 0.25) is 17.7 Å². The van der Waals surface area contributed by atoms with Crippen LogP contribution in [-0.2, 0) is 24.0 Å². The Morgan fingerprint density at radius 1 is 0.867 bits per heavy atom. The van der Waals surface area contributed by atoms with E-state index in [-0.39, 0.29) is 5.92 Å². The Morgan fingerprint density at radius 2 is 1.40 bits per heavy atom. The molecule has 30 heavy (non-hydrogen) atoms. The number of amides is 3. The van der Waals surface area contributed by atoms with Crippen molar-refractivity contribution in [1.29, 1.82) is 0 Å². The van der Waals surface area contributed by atoms with Crippen LogP contribution in [0.2, 0.25) is 0 Å². The molecule has 0 rings (SSSR count). The smallest absolute Gasteiger partial charge is 0.328 e. The van der Waals surface area contributed by atoms with Crippen LogP contribution in [-0.4, -0.2) is 75.8 Å². The summed E-state index contributed by atoms with van der Waals surface area (Å²) in [5, 5.41) is 33.6. The fraction of sp³-hybridized carbons (Fsp3) is 0.722. The van der Waals surface area contributed by atoms with Crippen molar-refractivity contribution in [2.45, 2.75) is 64.7 Å². The highest BCUT2D eigenvalue weighted by Crippen LogP contribution is 2.09. The molecule has 0 aliphatic heterocycles. The van der Waals surface area contributed by atoms with Gasteiger partial charge in [-0.25, -0.2) is 4.79 Å². The van der Waals surface area contributed by atoms with Gasteiger partial charge >= 0.3 is 11.9 Å². The van der Waals surface area contributed by atoms with E-state index in [1.54, 1.807) is 20.8 Å². The average Bonchev–Trinajstić information content (AvgIpc) is 2.66. The second-order valence-corrected chi connectivity index (χ2v) is 7.38. The molecule has 0 aliphatic rings. The highest BCUT2D eigenvalue weighted by molar-refractivity contribution is 5.95. The second kappa shape index (κ2) is 12.8. The van der Waals surface area contributed by atoms with Gasteiger partial charge in [-0.15, -0.1) is 0 Å². The molecular formula is C18H32N4O8. The maximum Gasteiger partial charge on any atom is 0.328 e. The summed E-state index contributed by atoms with van der Waals surface area (Å²) in [6.07, 6.45) is -0.190. The van der Waals surface area contributed by atoms with Crippen LogP contribution in [0.5, 0.6) is 0 Å². The third-order valence-corrected chi connectivity index (χ3v) is 4.62. The topological polar surface area (TPSA) is 208 Å². The molecule has 0 aromatic heterocycles. The largest absolute Gasteiger partial charge is 0.481 e. The summed E-state index contributed by atoms with van der Waals surface area (Å²) in [5.41, 5.74) is 5.87. The van der Waals surface area contributed by atoms with E-state index in [2.05, 4.69) is 10.6 Å². The molecule has 0 fully saturated rings. The molecule has 3 amide bonds. The van der Waals surface area contributed by atoms with E-state index in [0.717, 1.165) is 0 Å². The number of hydrogen-bond acceptors (Lipinski definition) is 7. The molecule has 0 heterocycles. The number of hydrogen-bond donors (Lipinski definition) is 7. The molecule has 5 unspecified atom stereocenters. The van der Waals surface area contributed by atoms with Crippen LogP contribution in [0.4, 0.5) is 0 Å². The molecule has 0 aromatic rings. The Balaban J connectivity index is 5.40. The van der Waals surface area contributed by atoms with Crippen molar-refractivity contribution in [3.05, 3.63) is 0 Å². The normalized spacial score (nSPS) is 16.0. The number of carbonyl (C=O) groups excluding carboxylic acids is 3. The first-order chi connectivity index (χ1) is 13.8. The van der Waals surface area contributed by atoms with Crippen molar-refractivity contribution in [3.8, 4) is 0 Å². The first kappa shape index (κ1) is 27.3. The van der Waals surface area contributed by atoms with Gasteiger partial charge in [0.1, 0.15) is 18.1 Å². The highest BCUT2D eigenvalue weighted by Gasteiger charge is 2.33. The average molecular weight is 432 g/mol. The van der Waals surface area contributed by atoms with Crippen molar-refractivity contribution >= 4 is 29.7 Å². The second-order valence-electron chi connectivity index (χ2n) is 7.38. The zero-order chi connectivity index (χ0) is 23.6. The first-order valence-electron chi connectivity index (χ1n) is 9.57. The van der Waals surface area contributed by atoms with Crippen LogP contribution in [0.25, 0.3) is 0 Å². The number of aliphatic hydroxyl groups is 1. The van der Waals surface area contributed by atoms with E-state index >= 15 is 0 Å². The van der Waals surface area contributed by atoms with E-state index < -0.39 is 72.8 Å². The number of carbonyl (C=O) groups is 5.